The van der Waals surface area contributed by atoms with Crippen LogP contribution in [0.4, 0.5) is 5.69 Å². The van der Waals surface area contributed by atoms with Crippen molar-refractivity contribution in [3.05, 3.63) is 48.4 Å². The summed E-state index contributed by atoms with van der Waals surface area (Å²) in [4.78, 5) is 7.64. The van der Waals surface area contributed by atoms with E-state index in [0.29, 0.717) is 18.0 Å². The van der Waals surface area contributed by atoms with Crippen LogP contribution in [0.2, 0.25) is 0 Å². The molecule has 0 aliphatic carbocycles. The second-order valence-electron chi connectivity index (χ2n) is 3.87. The fourth-order valence-electron chi connectivity index (χ4n) is 1.46. The van der Waals surface area contributed by atoms with Crippen LogP contribution in [0.3, 0.4) is 0 Å². The molecule has 0 atom stereocenters. The van der Waals surface area contributed by atoms with Crippen molar-refractivity contribution in [2.24, 2.45) is 27.2 Å². The zero-order chi connectivity index (χ0) is 14.4. The molecule has 1 heterocycles. The quantitative estimate of drug-likeness (QED) is 0.567. The molecule has 0 fully saturated rings. The summed E-state index contributed by atoms with van der Waals surface area (Å²) in [6, 6.07) is 10.7. The summed E-state index contributed by atoms with van der Waals surface area (Å²) in [6.07, 6.45) is 1.60. The first kappa shape index (κ1) is 13.5. The lowest BCUT2D eigenvalue weighted by Gasteiger charge is -2.04. The number of ether oxygens (including phenoxy) is 1. The van der Waals surface area contributed by atoms with Crippen molar-refractivity contribution in [2.75, 3.05) is 0 Å². The van der Waals surface area contributed by atoms with Crippen LogP contribution in [0.15, 0.2) is 57.1 Å². The van der Waals surface area contributed by atoms with E-state index < -0.39 is 0 Å². The molecule has 2 rings (SSSR count). The Kier molecular flexibility index (Phi) is 4.23. The van der Waals surface area contributed by atoms with Crippen molar-refractivity contribution in [3.63, 3.8) is 0 Å². The standard InChI is InChI=1S/C13H15N5O2/c14-12(15)18-13(16)17-9-3-5-10(6-4-9)20-8-11-2-1-7-19-11/h1-7H,8H2,(H6,14,15,16,17,18). The number of hydrogen-bond donors (Lipinski definition) is 3. The number of rotatable bonds is 4. The maximum Gasteiger partial charge on any atom is 0.223 e. The molecular formula is C13H15N5O2. The Hall–Kier alpha value is -2.96. The maximum absolute atomic E-state index is 5.53. The first-order chi connectivity index (χ1) is 9.63. The molecular weight excluding hydrogens is 258 g/mol. The second-order valence-corrected chi connectivity index (χ2v) is 3.87. The number of aliphatic imine (C=N–C) groups is 2. The Morgan fingerprint density at radius 1 is 1.10 bits per heavy atom. The summed E-state index contributed by atoms with van der Waals surface area (Å²) in [7, 11) is 0. The van der Waals surface area contributed by atoms with E-state index in [1.165, 1.54) is 0 Å². The number of benzene rings is 1. The highest BCUT2D eigenvalue weighted by molar-refractivity contribution is 5.93. The van der Waals surface area contributed by atoms with Crippen LogP contribution in [-0.2, 0) is 6.61 Å². The molecule has 104 valence electrons. The molecule has 0 unspecified atom stereocenters. The highest BCUT2D eigenvalue weighted by Gasteiger charge is 1.99. The van der Waals surface area contributed by atoms with Crippen LogP contribution in [0.25, 0.3) is 0 Å². The molecule has 0 aliphatic rings. The molecule has 0 spiro atoms. The number of guanidine groups is 2. The van der Waals surface area contributed by atoms with Gasteiger partial charge in [-0.1, -0.05) is 0 Å². The molecule has 20 heavy (non-hydrogen) atoms. The minimum Gasteiger partial charge on any atom is -0.486 e. The van der Waals surface area contributed by atoms with Gasteiger partial charge in [-0.3, -0.25) is 0 Å². The van der Waals surface area contributed by atoms with Crippen LogP contribution in [0.5, 0.6) is 5.75 Å². The van der Waals surface area contributed by atoms with Crippen LogP contribution in [0, 0.1) is 0 Å². The second kappa shape index (κ2) is 6.28. The molecule has 0 radical (unpaired) electrons. The molecule has 1 aromatic carbocycles. The summed E-state index contributed by atoms with van der Waals surface area (Å²) in [5.74, 6) is 1.31. The normalized spacial score (nSPS) is 11.1. The van der Waals surface area contributed by atoms with Gasteiger partial charge in [0.25, 0.3) is 0 Å². The SMILES string of the molecule is NC(N)=NC(N)=Nc1ccc(OCc2ccco2)cc1. The summed E-state index contributed by atoms with van der Waals surface area (Å²) >= 11 is 0. The number of nitrogens with zero attached hydrogens (tertiary/aromatic N) is 2. The summed E-state index contributed by atoms with van der Waals surface area (Å²) in [5.41, 5.74) is 16.5. The van der Waals surface area contributed by atoms with Gasteiger partial charge in [0.1, 0.15) is 18.1 Å². The monoisotopic (exact) mass is 273 g/mol. The molecule has 0 amide bonds. The Labute approximate surface area is 115 Å². The molecule has 7 heteroatoms. The summed E-state index contributed by atoms with van der Waals surface area (Å²) in [6.45, 7) is 0.367. The molecule has 0 saturated heterocycles. The largest absolute Gasteiger partial charge is 0.486 e. The lowest BCUT2D eigenvalue weighted by atomic mass is 10.3. The van der Waals surface area contributed by atoms with E-state index >= 15 is 0 Å². The minimum atomic E-state index is -0.135. The maximum atomic E-state index is 5.53. The lowest BCUT2D eigenvalue weighted by molar-refractivity contribution is 0.270. The van der Waals surface area contributed by atoms with E-state index in [1.54, 1.807) is 30.5 Å². The van der Waals surface area contributed by atoms with Crippen molar-refractivity contribution in [1.82, 2.24) is 0 Å². The van der Waals surface area contributed by atoms with Gasteiger partial charge in [-0.25, -0.2) is 4.99 Å². The van der Waals surface area contributed by atoms with Gasteiger partial charge in [0.2, 0.25) is 5.96 Å². The minimum absolute atomic E-state index is 0.00532. The van der Waals surface area contributed by atoms with Crippen molar-refractivity contribution in [2.45, 2.75) is 6.61 Å². The van der Waals surface area contributed by atoms with Gasteiger partial charge in [0.05, 0.1) is 12.0 Å². The zero-order valence-corrected chi connectivity index (χ0v) is 10.7. The number of furan rings is 1. The molecule has 6 N–H and O–H groups in total. The van der Waals surface area contributed by atoms with E-state index in [1.807, 2.05) is 12.1 Å². The van der Waals surface area contributed by atoms with Crippen LogP contribution < -0.4 is 21.9 Å². The van der Waals surface area contributed by atoms with E-state index in [-0.39, 0.29) is 11.9 Å². The van der Waals surface area contributed by atoms with Gasteiger partial charge in [0.15, 0.2) is 5.96 Å². The van der Waals surface area contributed by atoms with Crippen molar-refractivity contribution in [1.29, 1.82) is 0 Å². The highest BCUT2D eigenvalue weighted by Crippen LogP contribution is 2.19. The van der Waals surface area contributed by atoms with Crippen LogP contribution in [0.1, 0.15) is 5.76 Å². The van der Waals surface area contributed by atoms with E-state index in [4.69, 9.17) is 26.4 Å². The average Bonchev–Trinajstić information content (AvgIpc) is 2.90. The topological polar surface area (TPSA) is 125 Å². The third-order valence-electron chi connectivity index (χ3n) is 2.29. The van der Waals surface area contributed by atoms with Crippen LogP contribution >= 0.6 is 0 Å². The average molecular weight is 273 g/mol. The predicted octanol–water partition coefficient (Wildman–Crippen LogP) is 1.08. The van der Waals surface area contributed by atoms with Gasteiger partial charge in [0, 0.05) is 0 Å². The van der Waals surface area contributed by atoms with E-state index in [2.05, 4.69) is 9.98 Å². The third-order valence-corrected chi connectivity index (χ3v) is 2.29. The first-order valence-corrected chi connectivity index (χ1v) is 5.82. The number of nitrogens with two attached hydrogens (primary N) is 3. The molecule has 7 nitrogen and oxygen atoms in total. The molecule has 0 saturated carbocycles. The van der Waals surface area contributed by atoms with E-state index in [0.717, 1.165) is 5.76 Å². The third kappa shape index (κ3) is 4.05. The predicted molar refractivity (Wildman–Crippen MR) is 76.6 cm³/mol. The lowest BCUT2D eigenvalue weighted by Crippen LogP contribution is -2.26. The van der Waals surface area contributed by atoms with Gasteiger partial charge in [-0.05, 0) is 36.4 Å². The Balaban J connectivity index is 1.97. The highest BCUT2D eigenvalue weighted by atomic mass is 16.5. The molecule has 2 aromatic rings. The van der Waals surface area contributed by atoms with Gasteiger partial charge >= 0.3 is 0 Å². The van der Waals surface area contributed by atoms with Gasteiger partial charge < -0.3 is 26.4 Å². The van der Waals surface area contributed by atoms with Crippen molar-refractivity contribution < 1.29 is 9.15 Å². The summed E-state index contributed by atoms with van der Waals surface area (Å²) in [5, 5.41) is 0. The smallest absolute Gasteiger partial charge is 0.223 e. The van der Waals surface area contributed by atoms with E-state index in [9.17, 15) is 0 Å². The number of hydrogen-bond acceptors (Lipinski definition) is 3. The van der Waals surface area contributed by atoms with Crippen molar-refractivity contribution in [3.8, 4) is 5.75 Å². The first-order valence-electron chi connectivity index (χ1n) is 5.82. The molecule has 0 bridgehead atoms. The van der Waals surface area contributed by atoms with Crippen LogP contribution in [-0.4, -0.2) is 11.9 Å². The fraction of sp³-hybridized carbons (Fsp3) is 0.0769. The Morgan fingerprint density at radius 3 is 2.45 bits per heavy atom. The summed E-state index contributed by atoms with van der Waals surface area (Å²) < 4.78 is 10.7. The Morgan fingerprint density at radius 2 is 1.85 bits per heavy atom. The molecule has 1 aromatic heterocycles. The zero-order valence-electron chi connectivity index (χ0n) is 10.7. The van der Waals surface area contributed by atoms with Gasteiger partial charge in [-0.2, -0.15) is 4.99 Å². The Bertz CT molecular complexity index is 598. The molecule has 0 aliphatic heterocycles. The van der Waals surface area contributed by atoms with Crippen molar-refractivity contribution >= 4 is 17.6 Å². The fourth-order valence-corrected chi connectivity index (χ4v) is 1.46. The van der Waals surface area contributed by atoms with Gasteiger partial charge in [-0.15, -0.1) is 0 Å².